The van der Waals surface area contributed by atoms with Crippen LogP contribution in [0.3, 0.4) is 0 Å². The third-order valence-electron chi connectivity index (χ3n) is 5.65. The Kier molecular flexibility index (Phi) is 8.47. The molecule has 1 amide bonds. The normalized spacial score (nSPS) is 21.7. The van der Waals surface area contributed by atoms with Gasteiger partial charge in [0.2, 0.25) is 5.91 Å². The Hall–Kier alpha value is -1.48. The van der Waals surface area contributed by atoms with Crippen molar-refractivity contribution in [3.63, 3.8) is 0 Å². The number of benzene rings is 1. The summed E-state index contributed by atoms with van der Waals surface area (Å²) in [7, 11) is -3.41. The number of amides is 1. The van der Waals surface area contributed by atoms with E-state index in [0.717, 1.165) is 31.7 Å². The lowest BCUT2D eigenvalue weighted by Crippen LogP contribution is -2.52. The van der Waals surface area contributed by atoms with Crippen molar-refractivity contribution in [2.24, 2.45) is 5.92 Å². The van der Waals surface area contributed by atoms with Gasteiger partial charge < -0.3 is 14.8 Å². The van der Waals surface area contributed by atoms with Crippen molar-refractivity contribution < 1.29 is 22.7 Å². The Labute approximate surface area is 173 Å². The van der Waals surface area contributed by atoms with Crippen LogP contribution in [0.2, 0.25) is 0 Å². The summed E-state index contributed by atoms with van der Waals surface area (Å²) >= 11 is 0. The smallest absolute Gasteiger partial charge is 0.235 e. The van der Waals surface area contributed by atoms with Crippen LogP contribution in [0.25, 0.3) is 0 Å². The number of sulfone groups is 1. The molecule has 0 spiro atoms. The van der Waals surface area contributed by atoms with E-state index in [2.05, 4.69) is 10.2 Å². The van der Waals surface area contributed by atoms with Gasteiger partial charge in [0.15, 0.2) is 9.84 Å². The number of ether oxygens (including phenoxy) is 2. The first-order valence-electron chi connectivity index (χ1n) is 10.4. The minimum atomic E-state index is -3.41. The number of rotatable bonds is 10. The number of aryl methyl sites for hydroxylation is 1. The summed E-state index contributed by atoms with van der Waals surface area (Å²) in [6, 6.07) is 9.95. The van der Waals surface area contributed by atoms with Crippen molar-refractivity contribution in [2.75, 3.05) is 57.6 Å². The lowest BCUT2D eigenvalue weighted by atomic mass is 9.97. The molecule has 162 valence electrons. The molecule has 2 aliphatic rings. The number of carbonyl (C=O) groups excluding carboxylic acids is 1. The Morgan fingerprint density at radius 3 is 2.59 bits per heavy atom. The van der Waals surface area contributed by atoms with E-state index in [1.807, 2.05) is 30.3 Å². The first kappa shape index (κ1) is 22.2. The highest BCUT2D eigenvalue weighted by atomic mass is 32.2. The van der Waals surface area contributed by atoms with Crippen LogP contribution in [0.15, 0.2) is 30.3 Å². The van der Waals surface area contributed by atoms with E-state index in [-0.39, 0.29) is 11.8 Å². The van der Waals surface area contributed by atoms with Gasteiger partial charge in [0.05, 0.1) is 25.6 Å². The Morgan fingerprint density at radius 2 is 1.90 bits per heavy atom. The van der Waals surface area contributed by atoms with Crippen LogP contribution in [-0.2, 0) is 30.5 Å². The van der Waals surface area contributed by atoms with Gasteiger partial charge in [-0.1, -0.05) is 30.3 Å². The molecule has 0 saturated carbocycles. The molecule has 1 N–H and O–H groups in total. The minimum Gasteiger partial charge on any atom is -0.381 e. The largest absolute Gasteiger partial charge is 0.381 e. The van der Waals surface area contributed by atoms with E-state index in [4.69, 9.17) is 9.47 Å². The first-order valence-corrected chi connectivity index (χ1v) is 12.3. The van der Waals surface area contributed by atoms with Crippen LogP contribution in [0.5, 0.6) is 0 Å². The third kappa shape index (κ3) is 7.37. The van der Waals surface area contributed by atoms with Gasteiger partial charge in [-0.15, -0.1) is 0 Å². The van der Waals surface area contributed by atoms with E-state index in [9.17, 15) is 13.2 Å². The summed E-state index contributed by atoms with van der Waals surface area (Å²) in [5.41, 5.74) is 1.11. The molecule has 2 atom stereocenters. The Bertz CT molecular complexity index is 729. The van der Waals surface area contributed by atoms with Gasteiger partial charge in [0, 0.05) is 38.2 Å². The SMILES string of the molecule is O=C(CS(=O)(=O)CCCc1ccccc1)NCC(C1CCOC1)N1CCOCC1. The summed E-state index contributed by atoms with van der Waals surface area (Å²) in [5, 5.41) is 2.87. The van der Waals surface area contributed by atoms with Crippen molar-refractivity contribution in [2.45, 2.75) is 25.3 Å². The van der Waals surface area contributed by atoms with E-state index in [0.29, 0.717) is 45.1 Å². The van der Waals surface area contributed by atoms with Crippen molar-refractivity contribution >= 4 is 15.7 Å². The van der Waals surface area contributed by atoms with Crippen molar-refractivity contribution in [3.8, 4) is 0 Å². The lowest BCUT2D eigenvalue weighted by molar-refractivity contribution is -0.119. The summed E-state index contributed by atoms with van der Waals surface area (Å²) in [6.07, 6.45) is 2.19. The molecule has 1 aromatic rings. The molecule has 0 aliphatic carbocycles. The molecule has 3 rings (SSSR count). The molecule has 8 heteroatoms. The molecule has 29 heavy (non-hydrogen) atoms. The molecular weight excluding hydrogens is 392 g/mol. The molecule has 2 heterocycles. The quantitative estimate of drug-likeness (QED) is 0.600. The molecule has 0 bridgehead atoms. The van der Waals surface area contributed by atoms with Crippen LogP contribution in [-0.4, -0.2) is 82.8 Å². The van der Waals surface area contributed by atoms with E-state index in [1.54, 1.807) is 0 Å². The molecule has 2 unspecified atom stereocenters. The standard InChI is InChI=1S/C21H32N2O5S/c24-21(17-29(25,26)14-4-7-18-5-2-1-3-6-18)22-15-20(19-8-11-28-16-19)23-9-12-27-13-10-23/h1-3,5-6,19-20H,4,7-17H2,(H,22,24). The summed E-state index contributed by atoms with van der Waals surface area (Å²) in [6.45, 7) is 4.92. The Balaban J connectivity index is 1.44. The zero-order valence-corrected chi connectivity index (χ0v) is 17.7. The Morgan fingerprint density at radius 1 is 1.14 bits per heavy atom. The van der Waals surface area contributed by atoms with Crippen LogP contribution in [0.1, 0.15) is 18.4 Å². The van der Waals surface area contributed by atoms with Gasteiger partial charge in [0.25, 0.3) is 0 Å². The van der Waals surface area contributed by atoms with E-state index in [1.165, 1.54) is 0 Å². The fourth-order valence-corrected chi connectivity index (χ4v) is 5.27. The van der Waals surface area contributed by atoms with Gasteiger partial charge in [-0.05, 0) is 24.8 Å². The van der Waals surface area contributed by atoms with Gasteiger partial charge in [-0.25, -0.2) is 8.42 Å². The lowest BCUT2D eigenvalue weighted by Gasteiger charge is -2.37. The van der Waals surface area contributed by atoms with Gasteiger partial charge in [0.1, 0.15) is 5.75 Å². The number of carbonyl (C=O) groups is 1. The zero-order chi connectivity index (χ0) is 20.5. The molecule has 7 nitrogen and oxygen atoms in total. The summed E-state index contributed by atoms with van der Waals surface area (Å²) < 4.78 is 35.6. The van der Waals surface area contributed by atoms with Gasteiger partial charge in [-0.3, -0.25) is 9.69 Å². The third-order valence-corrected chi connectivity index (χ3v) is 7.26. The van der Waals surface area contributed by atoms with Crippen molar-refractivity contribution in [1.29, 1.82) is 0 Å². The number of hydrogen-bond donors (Lipinski definition) is 1. The first-order chi connectivity index (χ1) is 14.0. The molecule has 0 radical (unpaired) electrons. The van der Waals surface area contributed by atoms with Crippen molar-refractivity contribution in [3.05, 3.63) is 35.9 Å². The predicted molar refractivity (Wildman–Crippen MR) is 112 cm³/mol. The molecule has 1 aromatic carbocycles. The maximum atomic E-state index is 12.3. The summed E-state index contributed by atoms with van der Waals surface area (Å²) in [4.78, 5) is 14.7. The predicted octanol–water partition coefficient (Wildman–Crippen LogP) is 0.888. The van der Waals surface area contributed by atoms with Gasteiger partial charge in [-0.2, -0.15) is 0 Å². The maximum absolute atomic E-state index is 12.3. The molecule has 0 aromatic heterocycles. The number of nitrogens with one attached hydrogen (secondary N) is 1. The fraction of sp³-hybridized carbons (Fsp3) is 0.667. The molecular formula is C21H32N2O5S. The second-order valence-corrected chi connectivity index (χ2v) is 10.0. The van der Waals surface area contributed by atoms with Crippen LogP contribution < -0.4 is 5.32 Å². The number of morpholine rings is 1. The molecule has 2 saturated heterocycles. The monoisotopic (exact) mass is 424 g/mol. The average Bonchev–Trinajstić information content (AvgIpc) is 3.24. The van der Waals surface area contributed by atoms with E-state index >= 15 is 0 Å². The number of nitrogens with zero attached hydrogens (tertiary/aromatic N) is 1. The molecule has 2 aliphatic heterocycles. The minimum absolute atomic E-state index is 0.0265. The average molecular weight is 425 g/mol. The topological polar surface area (TPSA) is 84.9 Å². The molecule has 2 fully saturated rings. The van der Waals surface area contributed by atoms with Crippen LogP contribution in [0, 0.1) is 5.92 Å². The summed E-state index contributed by atoms with van der Waals surface area (Å²) in [5.74, 6) is -0.477. The highest BCUT2D eigenvalue weighted by molar-refractivity contribution is 7.92. The van der Waals surface area contributed by atoms with E-state index < -0.39 is 21.5 Å². The van der Waals surface area contributed by atoms with Crippen LogP contribution in [0.4, 0.5) is 0 Å². The fourth-order valence-electron chi connectivity index (χ4n) is 4.04. The second-order valence-electron chi connectivity index (χ2n) is 7.82. The zero-order valence-electron chi connectivity index (χ0n) is 16.9. The highest BCUT2D eigenvalue weighted by Gasteiger charge is 2.32. The van der Waals surface area contributed by atoms with Crippen LogP contribution >= 0.6 is 0 Å². The highest BCUT2D eigenvalue weighted by Crippen LogP contribution is 2.21. The maximum Gasteiger partial charge on any atom is 0.235 e. The number of hydrogen-bond acceptors (Lipinski definition) is 6. The van der Waals surface area contributed by atoms with Gasteiger partial charge >= 0.3 is 0 Å². The van der Waals surface area contributed by atoms with Crippen molar-refractivity contribution in [1.82, 2.24) is 10.2 Å². The second kappa shape index (κ2) is 11.1.